The molecule has 1 aromatic carbocycles. The summed E-state index contributed by atoms with van der Waals surface area (Å²) in [6, 6.07) is 3.92. The molecule has 0 saturated carbocycles. The van der Waals surface area contributed by atoms with Crippen LogP contribution in [0.2, 0.25) is 0 Å². The van der Waals surface area contributed by atoms with Gasteiger partial charge < -0.3 is 48.7 Å². The topological polar surface area (TPSA) is 272 Å². The number of aromatic hydroxyl groups is 1. The number of nitrogens with two attached hydrogens (primary N) is 4. The van der Waals surface area contributed by atoms with Crippen molar-refractivity contribution in [3.05, 3.63) is 29.8 Å². The van der Waals surface area contributed by atoms with Gasteiger partial charge in [-0.3, -0.25) is 19.8 Å². The van der Waals surface area contributed by atoms with Crippen molar-refractivity contribution in [3.63, 3.8) is 0 Å². The van der Waals surface area contributed by atoms with Crippen LogP contribution in [0.5, 0.6) is 5.75 Å². The number of guanidine groups is 1. The first-order valence-corrected chi connectivity index (χ1v) is 11.9. The molecule has 35 heavy (non-hydrogen) atoms. The number of rotatable bonds is 13. The van der Waals surface area contributed by atoms with Crippen molar-refractivity contribution in [1.82, 2.24) is 5.32 Å². The molecule has 0 amide bonds. The number of phenols is 1. The summed E-state index contributed by atoms with van der Waals surface area (Å²) >= 11 is 1.71. The number of carboxylic acid groups (broad SMARTS) is 3. The molecular formula is C21H38N6O7S. The van der Waals surface area contributed by atoms with Gasteiger partial charge in [0, 0.05) is 6.54 Å². The van der Waals surface area contributed by atoms with E-state index in [0.29, 0.717) is 25.8 Å². The molecule has 13 nitrogen and oxygen atoms in total. The first kappa shape index (κ1) is 34.1. The predicted octanol–water partition coefficient (Wildman–Crippen LogP) is -0.450. The van der Waals surface area contributed by atoms with Crippen LogP contribution < -0.4 is 28.3 Å². The molecule has 0 heterocycles. The van der Waals surface area contributed by atoms with E-state index in [2.05, 4.69) is 5.32 Å². The molecule has 200 valence electrons. The van der Waals surface area contributed by atoms with Crippen molar-refractivity contribution in [1.29, 1.82) is 5.41 Å². The van der Waals surface area contributed by atoms with E-state index in [1.54, 1.807) is 23.9 Å². The Balaban J connectivity index is 0. The highest BCUT2D eigenvalue weighted by molar-refractivity contribution is 7.99. The van der Waals surface area contributed by atoms with Crippen LogP contribution in [-0.2, 0) is 20.8 Å². The van der Waals surface area contributed by atoms with Crippen molar-refractivity contribution in [2.75, 3.05) is 18.1 Å². The van der Waals surface area contributed by atoms with E-state index in [1.165, 1.54) is 12.1 Å². The van der Waals surface area contributed by atoms with Gasteiger partial charge in [-0.25, -0.2) is 0 Å². The zero-order chi connectivity index (χ0) is 27.4. The third-order valence-corrected chi connectivity index (χ3v) is 5.06. The number of carboxylic acids is 3. The third kappa shape index (κ3) is 21.2. The lowest BCUT2D eigenvalue weighted by atomic mass is 10.1. The molecule has 0 aliphatic rings. The van der Waals surface area contributed by atoms with E-state index in [9.17, 15) is 14.4 Å². The molecule has 1 rings (SSSR count). The molecule has 0 fully saturated rings. The fraction of sp³-hybridized carbons (Fsp3) is 0.524. The van der Waals surface area contributed by atoms with Crippen molar-refractivity contribution >= 4 is 35.6 Å². The molecule has 0 bridgehead atoms. The fourth-order valence-corrected chi connectivity index (χ4v) is 2.83. The maximum Gasteiger partial charge on any atom is 0.320 e. The van der Waals surface area contributed by atoms with Crippen LogP contribution in [-0.4, -0.2) is 80.5 Å². The number of aliphatic carboxylic acids is 3. The number of benzene rings is 1. The molecule has 0 saturated heterocycles. The molecule has 0 radical (unpaired) electrons. The van der Waals surface area contributed by atoms with E-state index >= 15 is 0 Å². The molecular weight excluding hydrogens is 480 g/mol. The number of phenolic OH excluding ortho intramolecular Hbond substituents is 1. The van der Waals surface area contributed by atoms with Crippen LogP contribution in [0.4, 0.5) is 0 Å². The van der Waals surface area contributed by atoms with Gasteiger partial charge in [0.2, 0.25) is 0 Å². The Morgan fingerprint density at radius 1 is 0.943 bits per heavy atom. The number of hydrogen-bond donors (Lipinski definition) is 10. The van der Waals surface area contributed by atoms with Crippen molar-refractivity contribution in [3.8, 4) is 5.75 Å². The molecule has 0 aromatic heterocycles. The Bertz CT molecular complexity index is 767. The SMILES string of the molecule is CCSCCC(N)C(=O)O.N=C(N)NCCCC(N)C(=O)O.NC(Cc1ccc(O)cc1)C(=O)O. The smallest absolute Gasteiger partial charge is 0.320 e. The van der Waals surface area contributed by atoms with Crippen LogP contribution in [0.15, 0.2) is 24.3 Å². The molecule has 14 heteroatoms. The average Bonchev–Trinajstić information content (AvgIpc) is 2.78. The van der Waals surface area contributed by atoms with Crippen molar-refractivity contribution < 1.29 is 34.8 Å². The Hall–Kier alpha value is -3.07. The third-order valence-electron chi connectivity index (χ3n) is 4.13. The van der Waals surface area contributed by atoms with Gasteiger partial charge >= 0.3 is 17.9 Å². The van der Waals surface area contributed by atoms with Gasteiger partial charge in [0.25, 0.3) is 0 Å². The maximum absolute atomic E-state index is 10.4. The number of carbonyl (C=O) groups is 3. The molecule has 0 aliphatic carbocycles. The highest BCUT2D eigenvalue weighted by Gasteiger charge is 2.12. The standard InChI is InChI=1S/C9H11NO3.C6H14N4O2.C6H13NO2S/c10-8(9(12)13)5-6-1-3-7(11)4-2-6;7-4(5(11)12)2-1-3-10-6(8)9;1-2-10-4-3-5(7)6(8)9/h1-4,8,11H,5,10H2,(H,12,13);4H,1-3,7H2,(H,11,12)(H4,8,9,10);5H,2-4,7H2,1H3,(H,8,9). The monoisotopic (exact) mass is 518 g/mol. The maximum atomic E-state index is 10.4. The van der Waals surface area contributed by atoms with E-state index < -0.39 is 36.0 Å². The minimum atomic E-state index is -1.02. The second kappa shape index (κ2) is 20.3. The molecule has 14 N–H and O–H groups in total. The summed E-state index contributed by atoms with van der Waals surface area (Å²) in [6.07, 6.45) is 1.81. The van der Waals surface area contributed by atoms with Gasteiger partial charge in [0.1, 0.15) is 23.9 Å². The van der Waals surface area contributed by atoms with Gasteiger partial charge in [-0.05, 0) is 54.9 Å². The Kier molecular flexibility index (Phi) is 19.8. The van der Waals surface area contributed by atoms with Gasteiger partial charge in [-0.2, -0.15) is 11.8 Å². The van der Waals surface area contributed by atoms with E-state index in [-0.39, 0.29) is 18.1 Å². The van der Waals surface area contributed by atoms with Crippen LogP contribution in [0.1, 0.15) is 31.7 Å². The largest absolute Gasteiger partial charge is 0.508 e. The lowest BCUT2D eigenvalue weighted by Gasteiger charge is -2.06. The second-order valence-electron chi connectivity index (χ2n) is 7.17. The zero-order valence-electron chi connectivity index (χ0n) is 19.7. The summed E-state index contributed by atoms with van der Waals surface area (Å²) in [5.74, 6) is -1.02. The van der Waals surface area contributed by atoms with E-state index in [1.807, 2.05) is 6.92 Å². The molecule has 3 atom stereocenters. The summed E-state index contributed by atoms with van der Waals surface area (Å²) in [5.41, 5.74) is 21.6. The first-order valence-electron chi connectivity index (χ1n) is 10.7. The Labute approximate surface area is 208 Å². The van der Waals surface area contributed by atoms with Crippen molar-refractivity contribution in [2.24, 2.45) is 22.9 Å². The summed E-state index contributed by atoms with van der Waals surface area (Å²) in [6.45, 7) is 2.52. The van der Waals surface area contributed by atoms with Crippen LogP contribution in [0.25, 0.3) is 0 Å². The molecule has 1 aromatic rings. The first-order chi connectivity index (χ1) is 16.3. The fourth-order valence-electron chi connectivity index (χ4n) is 2.12. The van der Waals surface area contributed by atoms with Crippen molar-refractivity contribution in [2.45, 2.75) is 50.7 Å². The normalized spacial score (nSPS) is 12.5. The van der Waals surface area contributed by atoms with Crippen LogP contribution in [0, 0.1) is 5.41 Å². The minimum absolute atomic E-state index is 0.112. The predicted molar refractivity (Wildman–Crippen MR) is 135 cm³/mol. The van der Waals surface area contributed by atoms with E-state index in [4.69, 9.17) is 48.8 Å². The molecule has 3 unspecified atom stereocenters. The molecule has 0 aliphatic heterocycles. The number of nitrogens with one attached hydrogen (secondary N) is 2. The summed E-state index contributed by atoms with van der Waals surface area (Å²) < 4.78 is 0. The van der Waals surface area contributed by atoms with Gasteiger partial charge in [-0.15, -0.1) is 0 Å². The second-order valence-corrected chi connectivity index (χ2v) is 8.57. The molecule has 0 spiro atoms. The zero-order valence-corrected chi connectivity index (χ0v) is 20.5. The highest BCUT2D eigenvalue weighted by atomic mass is 32.2. The Morgan fingerprint density at radius 3 is 1.86 bits per heavy atom. The summed E-state index contributed by atoms with van der Waals surface area (Å²) in [7, 11) is 0. The quantitative estimate of drug-likeness (QED) is 0.0900. The van der Waals surface area contributed by atoms with E-state index in [0.717, 1.165) is 17.1 Å². The van der Waals surface area contributed by atoms with Crippen LogP contribution >= 0.6 is 11.8 Å². The average molecular weight is 519 g/mol. The lowest BCUT2D eigenvalue weighted by Crippen LogP contribution is -2.34. The lowest BCUT2D eigenvalue weighted by molar-refractivity contribution is -0.139. The highest BCUT2D eigenvalue weighted by Crippen LogP contribution is 2.10. The van der Waals surface area contributed by atoms with Gasteiger partial charge in [0.15, 0.2) is 5.96 Å². The Morgan fingerprint density at radius 2 is 1.43 bits per heavy atom. The van der Waals surface area contributed by atoms with Gasteiger partial charge in [-0.1, -0.05) is 19.1 Å². The number of thioether (sulfide) groups is 1. The summed E-state index contributed by atoms with van der Waals surface area (Å²) in [4.78, 5) is 30.8. The minimum Gasteiger partial charge on any atom is -0.508 e. The number of hydrogen-bond acceptors (Lipinski definition) is 9. The van der Waals surface area contributed by atoms with Crippen LogP contribution in [0.3, 0.4) is 0 Å². The summed E-state index contributed by atoms with van der Waals surface area (Å²) in [5, 5.41) is 43.5. The van der Waals surface area contributed by atoms with Gasteiger partial charge in [0.05, 0.1) is 0 Å².